The molecule has 6 heteroatoms. The van der Waals surface area contributed by atoms with Gasteiger partial charge in [0.2, 0.25) is 6.79 Å². The minimum Gasteiger partial charge on any atom is -0.454 e. The fraction of sp³-hybridized carbons (Fsp3) is 0.440. The van der Waals surface area contributed by atoms with E-state index in [1.165, 1.54) is 5.56 Å². The largest absolute Gasteiger partial charge is 0.454 e. The van der Waals surface area contributed by atoms with E-state index in [0.29, 0.717) is 13.0 Å². The Morgan fingerprint density at radius 2 is 1.81 bits per heavy atom. The summed E-state index contributed by atoms with van der Waals surface area (Å²) < 4.78 is 11.0. The molecule has 0 spiro atoms. The van der Waals surface area contributed by atoms with Crippen molar-refractivity contribution in [2.45, 2.75) is 39.2 Å². The molecule has 162 valence electrons. The number of benzene rings is 2. The highest BCUT2D eigenvalue weighted by Crippen LogP contribution is 2.39. The summed E-state index contributed by atoms with van der Waals surface area (Å²) in [6, 6.07) is 14.2. The van der Waals surface area contributed by atoms with Crippen LogP contribution in [0.5, 0.6) is 11.5 Å². The third kappa shape index (κ3) is 4.17. The standard InChI is InChI=1S/C25H29N3O3/c1-17-3-5-19(6-4-17)21-14-22(20-7-8-23-24(13-20)31-16-30-23)28(26-21)25(29)15-27-11-9-18(2)10-12-27/h3-8,13,18,22H,9-12,14-16H2,1-2H3/t22-/m0/s1. The maximum Gasteiger partial charge on any atom is 0.257 e. The lowest BCUT2D eigenvalue weighted by atomic mass is 9.97. The van der Waals surface area contributed by atoms with Crippen molar-refractivity contribution in [3.05, 3.63) is 59.2 Å². The molecule has 1 amide bonds. The van der Waals surface area contributed by atoms with Gasteiger partial charge in [0.15, 0.2) is 11.5 Å². The highest BCUT2D eigenvalue weighted by Gasteiger charge is 2.35. The van der Waals surface area contributed by atoms with Crippen molar-refractivity contribution < 1.29 is 14.3 Å². The number of ether oxygens (including phenoxy) is 2. The zero-order chi connectivity index (χ0) is 21.4. The maximum atomic E-state index is 13.4. The molecule has 2 aromatic rings. The van der Waals surface area contributed by atoms with E-state index in [9.17, 15) is 4.79 Å². The minimum atomic E-state index is -0.137. The van der Waals surface area contributed by atoms with Crippen LogP contribution < -0.4 is 9.47 Å². The van der Waals surface area contributed by atoms with Crippen LogP contribution in [0.25, 0.3) is 0 Å². The Labute approximate surface area is 183 Å². The average Bonchev–Trinajstić information content (AvgIpc) is 3.42. The van der Waals surface area contributed by atoms with Crippen LogP contribution in [0.1, 0.15) is 48.9 Å². The van der Waals surface area contributed by atoms with E-state index in [-0.39, 0.29) is 18.7 Å². The van der Waals surface area contributed by atoms with E-state index in [0.717, 1.165) is 60.2 Å². The molecule has 1 fully saturated rings. The number of carbonyl (C=O) groups is 1. The molecule has 0 aromatic heterocycles. The molecule has 1 saturated heterocycles. The average molecular weight is 420 g/mol. The number of amides is 1. The molecule has 3 heterocycles. The van der Waals surface area contributed by atoms with Gasteiger partial charge in [-0.2, -0.15) is 5.10 Å². The normalized spacial score (nSPS) is 21.4. The first kappa shape index (κ1) is 20.1. The van der Waals surface area contributed by atoms with Gasteiger partial charge in [0.05, 0.1) is 18.3 Å². The van der Waals surface area contributed by atoms with Crippen molar-refractivity contribution in [2.75, 3.05) is 26.4 Å². The van der Waals surface area contributed by atoms with Crippen LogP contribution in [0.3, 0.4) is 0 Å². The predicted molar refractivity (Wildman–Crippen MR) is 119 cm³/mol. The Morgan fingerprint density at radius 3 is 2.58 bits per heavy atom. The molecule has 5 rings (SSSR count). The Hall–Kier alpha value is -2.86. The maximum absolute atomic E-state index is 13.4. The fourth-order valence-corrected chi connectivity index (χ4v) is 4.52. The molecule has 1 atom stereocenters. The van der Waals surface area contributed by atoms with E-state index < -0.39 is 0 Å². The molecule has 31 heavy (non-hydrogen) atoms. The second kappa shape index (κ2) is 8.35. The summed E-state index contributed by atoms with van der Waals surface area (Å²) in [4.78, 5) is 15.6. The minimum absolute atomic E-state index is 0.0549. The summed E-state index contributed by atoms with van der Waals surface area (Å²) in [7, 11) is 0. The predicted octanol–water partition coefficient (Wildman–Crippen LogP) is 4.13. The van der Waals surface area contributed by atoms with Crippen LogP contribution in [-0.4, -0.2) is 48.0 Å². The Bertz CT molecular complexity index is 994. The number of hydrogen-bond acceptors (Lipinski definition) is 5. The monoisotopic (exact) mass is 419 g/mol. The lowest BCUT2D eigenvalue weighted by Gasteiger charge is -2.31. The molecule has 3 aliphatic rings. The quantitative estimate of drug-likeness (QED) is 0.748. The second-order valence-corrected chi connectivity index (χ2v) is 8.94. The molecular weight excluding hydrogens is 390 g/mol. The van der Waals surface area contributed by atoms with Crippen molar-refractivity contribution in [2.24, 2.45) is 11.0 Å². The highest BCUT2D eigenvalue weighted by molar-refractivity contribution is 6.03. The second-order valence-electron chi connectivity index (χ2n) is 8.94. The lowest BCUT2D eigenvalue weighted by Crippen LogP contribution is -2.41. The highest BCUT2D eigenvalue weighted by atomic mass is 16.7. The van der Waals surface area contributed by atoms with Crippen LogP contribution in [0.4, 0.5) is 0 Å². The van der Waals surface area contributed by atoms with Gasteiger partial charge in [-0.3, -0.25) is 9.69 Å². The van der Waals surface area contributed by atoms with Crippen molar-refractivity contribution in [3.8, 4) is 11.5 Å². The fourth-order valence-electron chi connectivity index (χ4n) is 4.52. The Balaban J connectivity index is 1.41. The van der Waals surface area contributed by atoms with Gasteiger partial charge in [-0.1, -0.05) is 42.8 Å². The number of aryl methyl sites for hydroxylation is 1. The van der Waals surface area contributed by atoms with Gasteiger partial charge in [0.1, 0.15) is 0 Å². The van der Waals surface area contributed by atoms with E-state index in [1.54, 1.807) is 5.01 Å². The first-order valence-corrected chi connectivity index (χ1v) is 11.2. The van der Waals surface area contributed by atoms with E-state index >= 15 is 0 Å². The number of hydrazone groups is 1. The van der Waals surface area contributed by atoms with Crippen molar-refractivity contribution in [3.63, 3.8) is 0 Å². The Kier molecular flexibility index (Phi) is 5.40. The first-order valence-electron chi connectivity index (χ1n) is 11.2. The van der Waals surface area contributed by atoms with Gasteiger partial charge >= 0.3 is 0 Å². The number of nitrogens with zero attached hydrogens (tertiary/aromatic N) is 3. The lowest BCUT2D eigenvalue weighted by molar-refractivity contribution is -0.134. The molecule has 3 aliphatic heterocycles. The molecule has 0 bridgehead atoms. The summed E-state index contributed by atoms with van der Waals surface area (Å²) in [6.07, 6.45) is 2.99. The smallest absolute Gasteiger partial charge is 0.257 e. The van der Waals surface area contributed by atoms with Gasteiger partial charge in [-0.05, 0) is 62.0 Å². The van der Waals surface area contributed by atoms with Gasteiger partial charge in [-0.15, -0.1) is 0 Å². The zero-order valence-electron chi connectivity index (χ0n) is 18.2. The molecule has 0 radical (unpaired) electrons. The van der Waals surface area contributed by atoms with Crippen LogP contribution in [-0.2, 0) is 4.79 Å². The SMILES string of the molecule is Cc1ccc(C2=NN(C(=O)CN3CCC(C)CC3)[C@H](c3ccc4c(c3)OCO4)C2)cc1. The van der Waals surface area contributed by atoms with Crippen molar-refractivity contribution in [1.82, 2.24) is 9.91 Å². The molecule has 0 N–H and O–H groups in total. The molecule has 6 nitrogen and oxygen atoms in total. The van der Waals surface area contributed by atoms with E-state index in [2.05, 4.69) is 43.0 Å². The summed E-state index contributed by atoms with van der Waals surface area (Å²) in [5.41, 5.74) is 4.25. The van der Waals surface area contributed by atoms with Crippen molar-refractivity contribution >= 4 is 11.6 Å². The molecule has 2 aromatic carbocycles. The van der Waals surface area contributed by atoms with Gasteiger partial charge in [0, 0.05) is 6.42 Å². The third-order valence-corrected chi connectivity index (χ3v) is 6.57. The van der Waals surface area contributed by atoms with Crippen LogP contribution in [0.2, 0.25) is 0 Å². The van der Waals surface area contributed by atoms with E-state index in [1.807, 2.05) is 18.2 Å². The van der Waals surface area contributed by atoms with Crippen molar-refractivity contribution in [1.29, 1.82) is 0 Å². The summed E-state index contributed by atoms with van der Waals surface area (Å²) in [6.45, 7) is 6.97. The topological polar surface area (TPSA) is 54.4 Å². The van der Waals surface area contributed by atoms with Crippen LogP contribution in [0, 0.1) is 12.8 Å². The summed E-state index contributed by atoms with van der Waals surface area (Å²) in [5.74, 6) is 2.28. The van der Waals surface area contributed by atoms with Crippen LogP contribution >= 0.6 is 0 Å². The molecule has 0 aliphatic carbocycles. The van der Waals surface area contributed by atoms with Gasteiger partial charge < -0.3 is 9.47 Å². The van der Waals surface area contributed by atoms with Gasteiger partial charge in [0.25, 0.3) is 5.91 Å². The number of rotatable bonds is 4. The number of piperidine rings is 1. The summed E-state index contributed by atoms with van der Waals surface area (Å²) in [5, 5.41) is 6.52. The van der Waals surface area contributed by atoms with Crippen LogP contribution in [0.15, 0.2) is 47.6 Å². The third-order valence-electron chi connectivity index (χ3n) is 6.57. The molecule has 0 saturated carbocycles. The van der Waals surface area contributed by atoms with E-state index in [4.69, 9.17) is 14.6 Å². The number of fused-ring (bicyclic) bond motifs is 1. The number of carbonyl (C=O) groups excluding carboxylic acids is 1. The van der Waals surface area contributed by atoms with Gasteiger partial charge in [-0.25, -0.2) is 5.01 Å². The zero-order valence-corrected chi connectivity index (χ0v) is 18.2. The molecular formula is C25H29N3O3. The number of likely N-dealkylation sites (tertiary alicyclic amines) is 1. The number of hydrogen-bond donors (Lipinski definition) is 0. The first-order chi connectivity index (χ1) is 15.1. The summed E-state index contributed by atoms with van der Waals surface area (Å²) >= 11 is 0. The Morgan fingerprint density at radius 1 is 1.06 bits per heavy atom. The molecule has 0 unspecified atom stereocenters.